The molecule has 0 spiro atoms. The number of carbonyl (C=O) groups excluding carboxylic acids is 2. The van der Waals surface area contributed by atoms with Crippen molar-refractivity contribution in [2.24, 2.45) is 0 Å². The minimum absolute atomic E-state index is 0.0521. The molecule has 1 fully saturated rings. The molecule has 0 unspecified atom stereocenters. The highest BCUT2D eigenvalue weighted by atomic mass is 16.2. The third kappa shape index (κ3) is 4.64. The quantitative estimate of drug-likeness (QED) is 0.849. The van der Waals surface area contributed by atoms with E-state index in [0.717, 1.165) is 35.5 Å². The normalized spacial score (nSPS) is 14.9. The van der Waals surface area contributed by atoms with Crippen LogP contribution in [-0.4, -0.2) is 29.5 Å². The number of anilines is 2. The summed E-state index contributed by atoms with van der Waals surface area (Å²) in [4.78, 5) is 30.6. The average Bonchev–Trinajstić information content (AvgIpc) is 3.04. The molecule has 1 aromatic carbocycles. The van der Waals surface area contributed by atoms with Gasteiger partial charge in [-0.15, -0.1) is 0 Å². The van der Waals surface area contributed by atoms with Crippen LogP contribution in [0.4, 0.5) is 16.2 Å². The molecule has 0 saturated carbocycles. The topological polar surface area (TPSA) is 74.3 Å². The van der Waals surface area contributed by atoms with E-state index in [1.165, 1.54) is 0 Å². The highest BCUT2D eigenvalue weighted by Gasteiger charge is 2.23. The molecule has 0 aliphatic carbocycles. The maximum atomic E-state index is 12.4. The standard InChI is InChI=1S/C21H26N4O2/c1-14-6-4-10-22-18(14)12-16(3)23-21(27)24-17-9-8-15(2)19(13-17)25-11-5-7-20(25)26/h4,6,8-10,13,16H,5,7,11-12H2,1-3H3,(H2,23,24,27)/t16-/m0/s1. The maximum absolute atomic E-state index is 12.4. The molecule has 1 saturated heterocycles. The van der Waals surface area contributed by atoms with Gasteiger partial charge in [0.1, 0.15) is 0 Å². The minimum Gasteiger partial charge on any atom is -0.335 e. The molecule has 142 valence electrons. The lowest BCUT2D eigenvalue weighted by Gasteiger charge is -2.20. The highest BCUT2D eigenvalue weighted by Crippen LogP contribution is 2.28. The third-order valence-electron chi connectivity index (χ3n) is 4.83. The molecule has 0 bridgehead atoms. The van der Waals surface area contributed by atoms with Crippen LogP contribution in [0.3, 0.4) is 0 Å². The van der Waals surface area contributed by atoms with Crippen LogP contribution < -0.4 is 15.5 Å². The SMILES string of the molecule is Cc1ccc(NC(=O)N[C@@H](C)Cc2ncccc2C)cc1N1CCCC1=O. The number of hydrogen-bond acceptors (Lipinski definition) is 3. The fraction of sp³-hybridized carbons (Fsp3) is 0.381. The Bertz CT molecular complexity index is 850. The van der Waals surface area contributed by atoms with Crippen molar-refractivity contribution in [2.75, 3.05) is 16.8 Å². The van der Waals surface area contributed by atoms with Gasteiger partial charge >= 0.3 is 6.03 Å². The van der Waals surface area contributed by atoms with Crippen LogP contribution in [0.5, 0.6) is 0 Å². The van der Waals surface area contributed by atoms with Crippen LogP contribution in [0.25, 0.3) is 0 Å². The Labute approximate surface area is 160 Å². The van der Waals surface area contributed by atoms with Crippen LogP contribution in [0.2, 0.25) is 0 Å². The molecular weight excluding hydrogens is 340 g/mol. The molecule has 6 heteroatoms. The Morgan fingerprint density at radius 1 is 1.26 bits per heavy atom. The number of urea groups is 1. The lowest BCUT2D eigenvalue weighted by atomic mass is 10.1. The van der Waals surface area contributed by atoms with Gasteiger partial charge in [0.15, 0.2) is 0 Å². The molecule has 1 atom stereocenters. The zero-order valence-corrected chi connectivity index (χ0v) is 16.1. The van der Waals surface area contributed by atoms with Crippen LogP contribution in [-0.2, 0) is 11.2 Å². The summed E-state index contributed by atoms with van der Waals surface area (Å²) >= 11 is 0. The third-order valence-corrected chi connectivity index (χ3v) is 4.83. The van der Waals surface area contributed by atoms with Crippen molar-refractivity contribution < 1.29 is 9.59 Å². The molecule has 1 aromatic heterocycles. The summed E-state index contributed by atoms with van der Waals surface area (Å²) in [6, 6.07) is 9.25. The second kappa shape index (κ2) is 8.20. The lowest BCUT2D eigenvalue weighted by Crippen LogP contribution is -2.37. The summed E-state index contributed by atoms with van der Waals surface area (Å²) in [5.41, 5.74) is 4.66. The van der Waals surface area contributed by atoms with Gasteiger partial charge in [-0.05, 0) is 56.5 Å². The number of nitrogens with zero attached hydrogens (tertiary/aromatic N) is 2. The van der Waals surface area contributed by atoms with E-state index in [1.807, 2.05) is 51.1 Å². The van der Waals surface area contributed by atoms with Crippen molar-refractivity contribution in [3.8, 4) is 0 Å². The molecule has 2 N–H and O–H groups in total. The number of rotatable bonds is 5. The van der Waals surface area contributed by atoms with Gasteiger partial charge in [0.05, 0.1) is 0 Å². The number of hydrogen-bond donors (Lipinski definition) is 2. The minimum atomic E-state index is -0.265. The van der Waals surface area contributed by atoms with E-state index in [0.29, 0.717) is 18.5 Å². The van der Waals surface area contributed by atoms with Crippen molar-refractivity contribution in [1.82, 2.24) is 10.3 Å². The summed E-state index contributed by atoms with van der Waals surface area (Å²) in [6.07, 6.45) is 3.90. The van der Waals surface area contributed by atoms with Crippen molar-refractivity contribution in [1.29, 1.82) is 0 Å². The predicted molar refractivity (Wildman–Crippen MR) is 107 cm³/mol. The van der Waals surface area contributed by atoms with E-state index in [4.69, 9.17) is 0 Å². The highest BCUT2D eigenvalue weighted by molar-refractivity contribution is 5.97. The van der Waals surface area contributed by atoms with Gasteiger partial charge < -0.3 is 15.5 Å². The first-order valence-corrected chi connectivity index (χ1v) is 9.33. The van der Waals surface area contributed by atoms with E-state index in [2.05, 4.69) is 15.6 Å². The number of amides is 3. The zero-order chi connectivity index (χ0) is 19.4. The summed E-state index contributed by atoms with van der Waals surface area (Å²) in [5.74, 6) is 0.138. The average molecular weight is 366 g/mol. The monoisotopic (exact) mass is 366 g/mol. The molecule has 1 aliphatic heterocycles. The molecule has 27 heavy (non-hydrogen) atoms. The van der Waals surface area contributed by atoms with Crippen LogP contribution in [0, 0.1) is 13.8 Å². The lowest BCUT2D eigenvalue weighted by molar-refractivity contribution is -0.117. The summed E-state index contributed by atoms with van der Waals surface area (Å²) in [6.45, 7) is 6.68. The first-order valence-electron chi connectivity index (χ1n) is 9.33. The summed E-state index contributed by atoms with van der Waals surface area (Å²) < 4.78 is 0. The smallest absolute Gasteiger partial charge is 0.319 e. The first-order chi connectivity index (χ1) is 12.9. The largest absolute Gasteiger partial charge is 0.335 e. The number of aromatic nitrogens is 1. The second-order valence-electron chi connectivity index (χ2n) is 7.12. The fourth-order valence-corrected chi connectivity index (χ4v) is 3.34. The Hall–Kier alpha value is -2.89. The Balaban J connectivity index is 1.62. The van der Waals surface area contributed by atoms with E-state index in [1.54, 1.807) is 11.1 Å². The summed E-state index contributed by atoms with van der Waals surface area (Å²) in [7, 11) is 0. The summed E-state index contributed by atoms with van der Waals surface area (Å²) in [5, 5.41) is 5.82. The van der Waals surface area contributed by atoms with Crippen molar-refractivity contribution in [3.05, 3.63) is 53.3 Å². The molecule has 3 amide bonds. The first kappa shape index (κ1) is 18.9. The van der Waals surface area contributed by atoms with Gasteiger partial charge in [-0.1, -0.05) is 12.1 Å². The molecule has 3 rings (SSSR count). The fourth-order valence-electron chi connectivity index (χ4n) is 3.34. The van der Waals surface area contributed by atoms with Gasteiger partial charge in [-0.2, -0.15) is 0 Å². The molecule has 2 heterocycles. The number of pyridine rings is 1. The number of benzene rings is 1. The number of aryl methyl sites for hydroxylation is 2. The van der Waals surface area contributed by atoms with Gasteiger partial charge in [-0.25, -0.2) is 4.79 Å². The Morgan fingerprint density at radius 2 is 2.07 bits per heavy atom. The van der Waals surface area contributed by atoms with Crippen LogP contribution in [0.15, 0.2) is 36.5 Å². The Morgan fingerprint density at radius 3 is 2.78 bits per heavy atom. The van der Waals surface area contributed by atoms with E-state index in [-0.39, 0.29) is 18.0 Å². The van der Waals surface area contributed by atoms with Gasteiger partial charge in [-0.3, -0.25) is 9.78 Å². The number of nitrogens with one attached hydrogen (secondary N) is 2. The van der Waals surface area contributed by atoms with Crippen molar-refractivity contribution in [3.63, 3.8) is 0 Å². The molecule has 1 aliphatic rings. The molecular formula is C21H26N4O2. The van der Waals surface area contributed by atoms with Gasteiger partial charge in [0, 0.05) is 48.7 Å². The van der Waals surface area contributed by atoms with E-state index < -0.39 is 0 Å². The zero-order valence-electron chi connectivity index (χ0n) is 16.1. The van der Waals surface area contributed by atoms with E-state index >= 15 is 0 Å². The number of carbonyl (C=O) groups is 2. The predicted octanol–water partition coefficient (Wildman–Crippen LogP) is 3.58. The Kier molecular flexibility index (Phi) is 5.74. The maximum Gasteiger partial charge on any atom is 0.319 e. The van der Waals surface area contributed by atoms with Crippen LogP contribution >= 0.6 is 0 Å². The van der Waals surface area contributed by atoms with E-state index in [9.17, 15) is 9.59 Å². The van der Waals surface area contributed by atoms with Crippen molar-refractivity contribution in [2.45, 2.75) is 46.1 Å². The molecule has 6 nitrogen and oxygen atoms in total. The van der Waals surface area contributed by atoms with Gasteiger partial charge in [0.2, 0.25) is 5.91 Å². The molecule has 2 aromatic rings. The molecule has 0 radical (unpaired) electrons. The van der Waals surface area contributed by atoms with Gasteiger partial charge in [0.25, 0.3) is 0 Å². The second-order valence-corrected chi connectivity index (χ2v) is 7.12. The van der Waals surface area contributed by atoms with Crippen LogP contribution in [0.1, 0.15) is 36.6 Å². The van der Waals surface area contributed by atoms with Crippen molar-refractivity contribution >= 4 is 23.3 Å².